The quantitative estimate of drug-likeness (QED) is 0.593. The topological polar surface area (TPSA) is 62.2 Å². The molecule has 1 aliphatic rings. The number of benzene rings is 1. The maximum atomic E-state index is 13.1. The van der Waals surface area contributed by atoms with Crippen LogP contribution in [0.2, 0.25) is 10.2 Å². The SMILES string of the molecule is CN1CCCN(C(=O)c2cnc(Cl)c(Cl)c2)c2nc3ccccc3nc21. The fraction of sp³-hybridized carbons (Fsp3) is 0.222. The molecule has 1 aliphatic heterocycles. The average molecular weight is 388 g/mol. The predicted octanol–water partition coefficient (Wildman–Crippen LogP) is 3.82. The molecule has 0 aliphatic carbocycles. The molecule has 2 aromatic heterocycles. The number of hydrogen-bond acceptors (Lipinski definition) is 5. The zero-order valence-corrected chi connectivity index (χ0v) is 15.5. The first kappa shape index (κ1) is 17.0. The second-order valence-corrected chi connectivity index (χ2v) is 6.85. The first-order valence-corrected chi connectivity index (χ1v) is 8.91. The number of carbonyl (C=O) groups is 1. The lowest BCUT2D eigenvalue weighted by atomic mass is 10.2. The Morgan fingerprint density at radius 3 is 2.46 bits per heavy atom. The third-order valence-corrected chi connectivity index (χ3v) is 5.00. The van der Waals surface area contributed by atoms with E-state index >= 15 is 0 Å². The fourth-order valence-electron chi connectivity index (χ4n) is 2.99. The van der Waals surface area contributed by atoms with Gasteiger partial charge in [0, 0.05) is 26.3 Å². The molecule has 0 spiro atoms. The Morgan fingerprint density at radius 1 is 1.08 bits per heavy atom. The van der Waals surface area contributed by atoms with Crippen molar-refractivity contribution in [1.82, 2.24) is 15.0 Å². The number of carbonyl (C=O) groups excluding carboxylic acids is 1. The number of nitrogens with zero attached hydrogens (tertiary/aromatic N) is 5. The maximum Gasteiger partial charge on any atom is 0.261 e. The number of halogens is 2. The van der Waals surface area contributed by atoms with Crippen LogP contribution < -0.4 is 9.80 Å². The summed E-state index contributed by atoms with van der Waals surface area (Å²) in [6, 6.07) is 9.15. The molecule has 3 aromatic rings. The van der Waals surface area contributed by atoms with Gasteiger partial charge in [-0.15, -0.1) is 0 Å². The molecule has 3 heterocycles. The molecular weight excluding hydrogens is 373 g/mol. The van der Waals surface area contributed by atoms with Gasteiger partial charge in [-0.25, -0.2) is 15.0 Å². The highest BCUT2D eigenvalue weighted by Crippen LogP contribution is 2.31. The van der Waals surface area contributed by atoms with Gasteiger partial charge in [0.2, 0.25) is 0 Å². The summed E-state index contributed by atoms with van der Waals surface area (Å²) in [7, 11) is 1.96. The summed E-state index contributed by atoms with van der Waals surface area (Å²) in [6.45, 7) is 1.31. The minimum absolute atomic E-state index is 0.171. The Bertz CT molecular complexity index is 1010. The summed E-state index contributed by atoms with van der Waals surface area (Å²) in [5.74, 6) is 1.000. The van der Waals surface area contributed by atoms with Gasteiger partial charge in [-0.2, -0.15) is 0 Å². The highest BCUT2D eigenvalue weighted by Gasteiger charge is 2.28. The lowest BCUT2D eigenvalue weighted by molar-refractivity contribution is 0.0986. The van der Waals surface area contributed by atoms with E-state index in [9.17, 15) is 4.79 Å². The molecule has 0 N–H and O–H groups in total. The van der Waals surface area contributed by atoms with Crippen molar-refractivity contribution < 1.29 is 4.79 Å². The van der Waals surface area contributed by atoms with Gasteiger partial charge in [-0.05, 0) is 24.6 Å². The smallest absolute Gasteiger partial charge is 0.261 e. The summed E-state index contributed by atoms with van der Waals surface area (Å²) < 4.78 is 0. The molecule has 0 radical (unpaired) electrons. The fourth-order valence-corrected chi connectivity index (χ4v) is 3.26. The van der Waals surface area contributed by atoms with Crippen molar-refractivity contribution in [3.8, 4) is 0 Å². The monoisotopic (exact) mass is 387 g/mol. The normalized spacial score (nSPS) is 14.3. The van der Waals surface area contributed by atoms with Crippen LogP contribution in [0.5, 0.6) is 0 Å². The number of aromatic nitrogens is 3. The predicted molar refractivity (Wildman–Crippen MR) is 103 cm³/mol. The van der Waals surface area contributed by atoms with Crippen molar-refractivity contribution in [1.29, 1.82) is 0 Å². The van der Waals surface area contributed by atoms with Crippen LogP contribution in [0.25, 0.3) is 11.0 Å². The molecule has 0 unspecified atom stereocenters. The minimum atomic E-state index is -0.225. The van der Waals surface area contributed by atoms with Gasteiger partial charge in [0.05, 0.1) is 21.6 Å². The molecule has 1 aromatic carbocycles. The molecule has 0 saturated heterocycles. The number of hydrogen-bond donors (Lipinski definition) is 0. The van der Waals surface area contributed by atoms with Gasteiger partial charge in [-0.3, -0.25) is 9.69 Å². The van der Waals surface area contributed by atoms with Crippen LogP contribution in [0.15, 0.2) is 36.5 Å². The summed E-state index contributed by atoms with van der Waals surface area (Å²) >= 11 is 11.9. The van der Waals surface area contributed by atoms with Crippen molar-refractivity contribution in [2.75, 3.05) is 29.9 Å². The van der Waals surface area contributed by atoms with Crippen LogP contribution in [0, 0.1) is 0 Å². The highest BCUT2D eigenvalue weighted by molar-refractivity contribution is 6.41. The molecule has 4 rings (SSSR count). The van der Waals surface area contributed by atoms with Gasteiger partial charge in [0.1, 0.15) is 5.15 Å². The van der Waals surface area contributed by atoms with Crippen molar-refractivity contribution in [2.45, 2.75) is 6.42 Å². The van der Waals surface area contributed by atoms with E-state index in [1.54, 1.807) is 4.90 Å². The van der Waals surface area contributed by atoms with Gasteiger partial charge >= 0.3 is 0 Å². The second kappa shape index (κ2) is 6.70. The number of pyridine rings is 1. The minimum Gasteiger partial charge on any atom is -0.357 e. The van der Waals surface area contributed by atoms with E-state index in [2.05, 4.69) is 4.98 Å². The van der Waals surface area contributed by atoms with E-state index in [-0.39, 0.29) is 16.1 Å². The number of anilines is 2. The summed E-state index contributed by atoms with van der Waals surface area (Å²) in [4.78, 5) is 30.2. The van der Waals surface area contributed by atoms with Crippen LogP contribution in [-0.4, -0.2) is 41.0 Å². The van der Waals surface area contributed by atoms with E-state index < -0.39 is 0 Å². The number of fused-ring (bicyclic) bond motifs is 2. The Balaban J connectivity index is 1.84. The van der Waals surface area contributed by atoms with E-state index in [1.165, 1.54) is 12.3 Å². The molecule has 1 amide bonds. The third kappa shape index (κ3) is 2.95. The summed E-state index contributed by atoms with van der Waals surface area (Å²) in [6.07, 6.45) is 2.23. The van der Waals surface area contributed by atoms with Crippen molar-refractivity contribution >= 4 is 51.8 Å². The third-order valence-electron chi connectivity index (χ3n) is 4.32. The summed E-state index contributed by atoms with van der Waals surface area (Å²) in [5, 5.41) is 0.416. The highest BCUT2D eigenvalue weighted by atomic mass is 35.5. The Morgan fingerprint density at radius 2 is 1.77 bits per heavy atom. The van der Waals surface area contributed by atoms with Crippen LogP contribution >= 0.6 is 23.2 Å². The lowest BCUT2D eigenvalue weighted by Gasteiger charge is -2.22. The summed E-state index contributed by atoms with van der Waals surface area (Å²) in [5.41, 5.74) is 1.90. The largest absolute Gasteiger partial charge is 0.357 e. The Kier molecular flexibility index (Phi) is 4.38. The standard InChI is InChI=1S/C18H15Cl2N5O/c1-24-7-4-8-25(18(26)11-9-12(19)15(20)21-10-11)17-16(24)22-13-5-2-3-6-14(13)23-17/h2-3,5-6,9-10H,4,7-8H2,1H3. The van der Waals surface area contributed by atoms with Crippen LogP contribution in [0.4, 0.5) is 11.6 Å². The number of amides is 1. The first-order chi connectivity index (χ1) is 12.5. The zero-order chi connectivity index (χ0) is 18.3. The lowest BCUT2D eigenvalue weighted by Crippen LogP contribution is -2.32. The Hall–Kier alpha value is -2.44. The van der Waals surface area contributed by atoms with Crippen molar-refractivity contribution in [3.05, 3.63) is 52.3 Å². The second-order valence-electron chi connectivity index (χ2n) is 6.09. The molecule has 0 fully saturated rings. The van der Waals surface area contributed by atoms with E-state index in [4.69, 9.17) is 33.2 Å². The molecule has 0 saturated carbocycles. The van der Waals surface area contributed by atoms with E-state index in [0.29, 0.717) is 23.7 Å². The van der Waals surface area contributed by atoms with Crippen LogP contribution in [0.1, 0.15) is 16.8 Å². The van der Waals surface area contributed by atoms with E-state index in [1.807, 2.05) is 36.2 Å². The molecular formula is C18H15Cl2N5O. The van der Waals surface area contributed by atoms with Crippen molar-refractivity contribution in [3.63, 3.8) is 0 Å². The molecule has 8 heteroatoms. The van der Waals surface area contributed by atoms with Gasteiger partial charge in [-0.1, -0.05) is 35.3 Å². The number of para-hydroxylation sites is 2. The average Bonchev–Trinajstić information content (AvgIpc) is 2.80. The van der Waals surface area contributed by atoms with Crippen LogP contribution in [0.3, 0.4) is 0 Å². The molecule has 6 nitrogen and oxygen atoms in total. The van der Waals surface area contributed by atoms with Gasteiger partial charge in [0.15, 0.2) is 11.6 Å². The van der Waals surface area contributed by atoms with Crippen molar-refractivity contribution in [2.24, 2.45) is 0 Å². The molecule has 132 valence electrons. The van der Waals surface area contributed by atoms with E-state index in [0.717, 1.165) is 24.0 Å². The Labute approximate surface area is 160 Å². The van der Waals surface area contributed by atoms with Gasteiger partial charge < -0.3 is 4.90 Å². The first-order valence-electron chi connectivity index (χ1n) is 8.15. The zero-order valence-electron chi connectivity index (χ0n) is 14.0. The van der Waals surface area contributed by atoms with Crippen LogP contribution in [-0.2, 0) is 0 Å². The number of rotatable bonds is 1. The van der Waals surface area contributed by atoms with Gasteiger partial charge in [0.25, 0.3) is 5.91 Å². The molecule has 0 atom stereocenters. The maximum absolute atomic E-state index is 13.1. The molecule has 0 bridgehead atoms. The molecule has 26 heavy (non-hydrogen) atoms.